The van der Waals surface area contributed by atoms with E-state index >= 15 is 0 Å². The molecule has 0 saturated heterocycles. The summed E-state index contributed by atoms with van der Waals surface area (Å²) in [5.41, 5.74) is -0.270. The molecule has 2 rings (SSSR count). The summed E-state index contributed by atoms with van der Waals surface area (Å²) >= 11 is 3.41. The molecule has 0 heterocycles. The van der Waals surface area contributed by atoms with Crippen LogP contribution in [0.3, 0.4) is 0 Å². The van der Waals surface area contributed by atoms with Crippen LogP contribution in [-0.4, -0.2) is 15.9 Å². The van der Waals surface area contributed by atoms with Gasteiger partial charge in [0.1, 0.15) is 0 Å². The Morgan fingerprint density at radius 1 is 1.67 bits per heavy atom. The van der Waals surface area contributed by atoms with Gasteiger partial charge >= 0.3 is 5.97 Å². The molecule has 0 radical (unpaired) electrons. The maximum atomic E-state index is 10.5. The highest BCUT2D eigenvalue weighted by Crippen LogP contribution is 2.69. The van der Waals surface area contributed by atoms with Crippen LogP contribution in [0.15, 0.2) is 0 Å². The minimum Gasteiger partial charge on any atom is -0.481 e. The lowest BCUT2D eigenvalue weighted by Crippen LogP contribution is -2.33. The second kappa shape index (κ2) is 1.34. The number of alkyl halides is 1. The van der Waals surface area contributed by atoms with Crippen LogP contribution in [0, 0.1) is 11.3 Å². The molecular formula is C6H7BrO2. The standard InChI is InChI=1S/C6H7BrO2/c7-4-2-6(5(8)9)1-3(4)6/h3-4H,1-2H2,(H,8,9)/t3-,4+,6-/m0/s1. The zero-order valence-electron chi connectivity index (χ0n) is 4.80. The molecule has 0 aromatic carbocycles. The van der Waals surface area contributed by atoms with E-state index in [1.165, 1.54) is 0 Å². The highest BCUT2D eigenvalue weighted by Gasteiger charge is 2.71. The molecule has 0 amide bonds. The SMILES string of the molecule is O=C(O)[C@@]12C[C@@H](Br)[C@@H]1C2. The lowest BCUT2D eigenvalue weighted by molar-refractivity contribution is -0.146. The maximum Gasteiger partial charge on any atom is 0.310 e. The fourth-order valence-corrected chi connectivity index (χ4v) is 2.98. The van der Waals surface area contributed by atoms with E-state index in [0.29, 0.717) is 10.7 Å². The molecule has 1 N–H and O–H groups in total. The predicted octanol–water partition coefficient (Wildman–Crippen LogP) is 1.24. The Kier molecular flexibility index (Phi) is 0.849. The first-order valence-corrected chi connectivity index (χ1v) is 3.96. The number of rotatable bonds is 1. The molecule has 2 fully saturated rings. The number of carbonyl (C=O) groups is 1. The van der Waals surface area contributed by atoms with E-state index in [1.54, 1.807) is 0 Å². The van der Waals surface area contributed by atoms with E-state index in [2.05, 4.69) is 15.9 Å². The summed E-state index contributed by atoms with van der Waals surface area (Å²) in [4.78, 5) is 11.0. The molecule has 0 aromatic rings. The van der Waals surface area contributed by atoms with Crippen molar-refractivity contribution in [2.75, 3.05) is 0 Å². The van der Waals surface area contributed by atoms with Gasteiger partial charge < -0.3 is 5.11 Å². The average molecular weight is 191 g/mol. The molecule has 3 heteroatoms. The molecule has 50 valence electrons. The summed E-state index contributed by atoms with van der Waals surface area (Å²) in [5, 5.41) is 8.63. The zero-order chi connectivity index (χ0) is 6.65. The van der Waals surface area contributed by atoms with Gasteiger partial charge in [-0.2, -0.15) is 0 Å². The molecule has 0 bridgehead atoms. The van der Waals surface area contributed by atoms with Crippen molar-refractivity contribution in [2.45, 2.75) is 17.7 Å². The van der Waals surface area contributed by atoms with Gasteiger partial charge in [0.2, 0.25) is 0 Å². The molecule has 0 aliphatic heterocycles. The molecule has 2 aliphatic rings. The fraction of sp³-hybridized carbons (Fsp3) is 0.833. The number of fused-ring (bicyclic) bond motifs is 1. The Hall–Kier alpha value is -0.0500. The first kappa shape index (κ1) is 5.71. The maximum absolute atomic E-state index is 10.5. The molecule has 0 spiro atoms. The van der Waals surface area contributed by atoms with Gasteiger partial charge in [0.15, 0.2) is 0 Å². The number of hydrogen-bond acceptors (Lipinski definition) is 1. The van der Waals surface area contributed by atoms with Gasteiger partial charge in [-0.1, -0.05) is 15.9 Å². The van der Waals surface area contributed by atoms with Crippen molar-refractivity contribution in [1.29, 1.82) is 0 Å². The van der Waals surface area contributed by atoms with Gasteiger partial charge in [-0.15, -0.1) is 0 Å². The predicted molar refractivity (Wildman–Crippen MR) is 35.5 cm³/mol. The van der Waals surface area contributed by atoms with Crippen LogP contribution in [0.2, 0.25) is 0 Å². The molecule has 2 aliphatic carbocycles. The molecule has 9 heavy (non-hydrogen) atoms. The van der Waals surface area contributed by atoms with Gasteiger partial charge in [0.25, 0.3) is 0 Å². The first-order valence-electron chi connectivity index (χ1n) is 3.04. The average Bonchev–Trinajstić information content (AvgIpc) is 2.36. The minimum absolute atomic E-state index is 0.270. The van der Waals surface area contributed by atoms with E-state index in [4.69, 9.17) is 5.11 Å². The molecule has 2 nitrogen and oxygen atoms in total. The Balaban J connectivity index is 2.12. The Morgan fingerprint density at radius 3 is 2.44 bits per heavy atom. The molecule has 0 unspecified atom stereocenters. The Bertz CT molecular complexity index is 180. The van der Waals surface area contributed by atoms with Gasteiger partial charge in [0.05, 0.1) is 5.41 Å². The van der Waals surface area contributed by atoms with Crippen LogP contribution in [0.25, 0.3) is 0 Å². The fourth-order valence-electron chi connectivity index (χ4n) is 1.71. The van der Waals surface area contributed by atoms with Crippen LogP contribution in [-0.2, 0) is 4.79 Å². The van der Waals surface area contributed by atoms with Crippen LogP contribution < -0.4 is 0 Å². The second-order valence-electron chi connectivity index (χ2n) is 2.99. The summed E-state index contributed by atoms with van der Waals surface area (Å²) in [7, 11) is 0. The van der Waals surface area contributed by atoms with Crippen molar-refractivity contribution >= 4 is 21.9 Å². The number of carboxylic acids is 1. The number of hydrogen-bond donors (Lipinski definition) is 1. The molecule has 0 aromatic heterocycles. The van der Waals surface area contributed by atoms with Gasteiger partial charge in [-0.05, 0) is 18.8 Å². The number of aliphatic carboxylic acids is 1. The second-order valence-corrected chi connectivity index (χ2v) is 4.17. The quantitative estimate of drug-likeness (QED) is 0.633. The minimum atomic E-state index is -0.594. The summed E-state index contributed by atoms with van der Waals surface area (Å²) < 4.78 is 0. The van der Waals surface area contributed by atoms with E-state index in [0.717, 1.165) is 12.8 Å². The Morgan fingerprint density at radius 2 is 2.33 bits per heavy atom. The van der Waals surface area contributed by atoms with Gasteiger partial charge in [-0.25, -0.2) is 0 Å². The largest absolute Gasteiger partial charge is 0.481 e. The number of carboxylic acid groups (broad SMARTS) is 1. The van der Waals surface area contributed by atoms with Crippen molar-refractivity contribution in [2.24, 2.45) is 11.3 Å². The molecule has 3 atom stereocenters. The lowest BCUT2D eigenvalue weighted by atomic mass is 9.85. The van der Waals surface area contributed by atoms with Crippen molar-refractivity contribution in [3.63, 3.8) is 0 Å². The van der Waals surface area contributed by atoms with Gasteiger partial charge in [0, 0.05) is 4.83 Å². The highest BCUT2D eigenvalue weighted by atomic mass is 79.9. The van der Waals surface area contributed by atoms with E-state index in [1.807, 2.05) is 0 Å². The smallest absolute Gasteiger partial charge is 0.310 e. The van der Waals surface area contributed by atoms with E-state index in [-0.39, 0.29) is 5.41 Å². The van der Waals surface area contributed by atoms with Crippen molar-refractivity contribution in [1.82, 2.24) is 0 Å². The van der Waals surface area contributed by atoms with Crippen LogP contribution in [0.5, 0.6) is 0 Å². The Labute approximate surface area is 61.4 Å². The van der Waals surface area contributed by atoms with Crippen molar-refractivity contribution < 1.29 is 9.90 Å². The third kappa shape index (κ3) is 0.491. The molecule has 2 saturated carbocycles. The van der Waals surface area contributed by atoms with Gasteiger partial charge in [-0.3, -0.25) is 4.79 Å². The first-order chi connectivity index (χ1) is 4.17. The lowest BCUT2D eigenvalue weighted by Gasteiger charge is -2.26. The molecular weight excluding hydrogens is 184 g/mol. The third-order valence-corrected chi connectivity index (χ3v) is 3.52. The monoisotopic (exact) mass is 190 g/mol. The van der Waals surface area contributed by atoms with Crippen LogP contribution in [0.1, 0.15) is 12.8 Å². The van der Waals surface area contributed by atoms with Crippen molar-refractivity contribution in [3.05, 3.63) is 0 Å². The van der Waals surface area contributed by atoms with E-state index in [9.17, 15) is 4.79 Å². The normalized spacial score (nSPS) is 53.4. The zero-order valence-corrected chi connectivity index (χ0v) is 6.39. The number of halogens is 1. The third-order valence-electron chi connectivity index (χ3n) is 2.56. The summed E-state index contributed by atoms with van der Waals surface area (Å²) in [6.45, 7) is 0. The summed E-state index contributed by atoms with van der Waals surface area (Å²) in [5.74, 6) is -0.141. The van der Waals surface area contributed by atoms with Crippen molar-refractivity contribution in [3.8, 4) is 0 Å². The van der Waals surface area contributed by atoms with Crippen LogP contribution in [0.4, 0.5) is 0 Å². The highest BCUT2D eigenvalue weighted by molar-refractivity contribution is 9.09. The van der Waals surface area contributed by atoms with E-state index < -0.39 is 5.97 Å². The van der Waals surface area contributed by atoms with Crippen LogP contribution >= 0.6 is 15.9 Å². The topological polar surface area (TPSA) is 37.3 Å². The summed E-state index contributed by atoms with van der Waals surface area (Å²) in [6, 6.07) is 0. The summed E-state index contributed by atoms with van der Waals surface area (Å²) in [6.07, 6.45) is 1.74.